The molecule has 0 aliphatic heterocycles. The number of carbonyl (C=O) groups is 2. The van der Waals surface area contributed by atoms with Gasteiger partial charge in [-0.3, -0.25) is 0 Å². The van der Waals surface area contributed by atoms with E-state index in [-0.39, 0.29) is 6.61 Å². The maximum Gasteiger partial charge on any atom is 0.417 e. The van der Waals surface area contributed by atoms with Crippen LogP contribution < -0.4 is 10.5 Å². The first-order valence-electron chi connectivity index (χ1n) is 9.61. The quantitative estimate of drug-likeness (QED) is 0.411. The molecule has 1 heterocycles. The molecule has 3 N–H and O–H groups in total. The van der Waals surface area contributed by atoms with Crippen molar-refractivity contribution in [2.45, 2.75) is 39.2 Å². The topological polar surface area (TPSA) is 104 Å². The third-order valence-corrected chi connectivity index (χ3v) is 4.89. The van der Waals surface area contributed by atoms with Gasteiger partial charge in [0.25, 0.3) is 0 Å². The van der Waals surface area contributed by atoms with Crippen LogP contribution in [0.25, 0.3) is 0 Å². The number of aryl methyl sites for hydroxylation is 3. The Bertz CT molecular complexity index is 979. The molecule has 30 heavy (non-hydrogen) atoms. The highest BCUT2D eigenvalue weighted by Crippen LogP contribution is 2.17. The standard InChI is InChI=1S/C23H28N2O5/c1-16-7-10-20(14-17(16)2)29-13-5-6-18-8-9-19(25(18)4)11-12-23(3,24)15-30-22(28)21(26)27/h7-10,14H,11-13,15,24H2,1-4H3,(H,26,27)/t23-/m1/s1. The van der Waals surface area contributed by atoms with E-state index >= 15 is 0 Å². The van der Waals surface area contributed by atoms with Crippen LogP contribution in [-0.2, 0) is 27.8 Å². The molecular formula is C23H28N2O5. The summed E-state index contributed by atoms with van der Waals surface area (Å²) >= 11 is 0. The van der Waals surface area contributed by atoms with E-state index in [1.807, 2.05) is 48.9 Å². The third-order valence-electron chi connectivity index (χ3n) is 4.89. The van der Waals surface area contributed by atoms with Crippen LogP contribution in [0.1, 0.15) is 35.9 Å². The number of hydrogen-bond acceptors (Lipinski definition) is 5. The van der Waals surface area contributed by atoms with Crippen molar-refractivity contribution in [3.05, 3.63) is 52.8 Å². The zero-order chi connectivity index (χ0) is 22.3. The minimum atomic E-state index is -1.63. The number of aromatic nitrogens is 1. The van der Waals surface area contributed by atoms with Gasteiger partial charge in [0.05, 0.1) is 5.69 Å². The Labute approximate surface area is 176 Å². The highest BCUT2D eigenvalue weighted by molar-refractivity contribution is 6.28. The maximum absolute atomic E-state index is 11.1. The molecule has 1 aromatic heterocycles. The normalized spacial score (nSPS) is 12.4. The van der Waals surface area contributed by atoms with Crippen molar-refractivity contribution in [3.63, 3.8) is 0 Å². The van der Waals surface area contributed by atoms with Crippen molar-refractivity contribution < 1.29 is 24.2 Å². The van der Waals surface area contributed by atoms with Gasteiger partial charge >= 0.3 is 11.9 Å². The van der Waals surface area contributed by atoms with Crippen LogP contribution in [-0.4, -0.2) is 40.4 Å². The third kappa shape index (κ3) is 6.68. The van der Waals surface area contributed by atoms with Gasteiger partial charge in [-0.15, -0.1) is 0 Å². The van der Waals surface area contributed by atoms with Crippen LogP contribution in [0.3, 0.4) is 0 Å². The monoisotopic (exact) mass is 412 g/mol. The summed E-state index contributed by atoms with van der Waals surface area (Å²) in [5.74, 6) is 3.99. The molecule has 0 amide bonds. The smallest absolute Gasteiger partial charge is 0.417 e. The van der Waals surface area contributed by atoms with Crippen molar-refractivity contribution in [1.82, 2.24) is 4.57 Å². The zero-order valence-electron chi connectivity index (χ0n) is 17.8. The molecule has 2 aromatic rings. The second-order valence-corrected chi connectivity index (χ2v) is 7.64. The summed E-state index contributed by atoms with van der Waals surface area (Å²) in [6, 6.07) is 9.84. The predicted octanol–water partition coefficient (Wildman–Crippen LogP) is 2.35. The Morgan fingerprint density at radius 1 is 1.20 bits per heavy atom. The number of ether oxygens (including phenoxy) is 2. The molecule has 0 radical (unpaired) electrons. The minimum absolute atomic E-state index is 0.162. The molecule has 160 valence electrons. The van der Waals surface area contributed by atoms with Crippen LogP contribution in [0.4, 0.5) is 0 Å². The van der Waals surface area contributed by atoms with Crippen LogP contribution in [0.5, 0.6) is 5.75 Å². The predicted molar refractivity (Wildman–Crippen MR) is 113 cm³/mol. The number of carboxylic acids is 1. The first-order valence-corrected chi connectivity index (χ1v) is 9.61. The van der Waals surface area contributed by atoms with Gasteiger partial charge in [-0.2, -0.15) is 0 Å². The lowest BCUT2D eigenvalue weighted by Gasteiger charge is -2.23. The molecule has 2 rings (SSSR count). The van der Waals surface area contributed by atoms with Crippen molar-refractivity contribution in [1.29, 1.82) is 0 Å². The highest BCUT2D eigenvalue weighted by Gasteiger charge is 2.23. The molecule has 0 saturated carbocycles. The number of nitrogens with zero attached hydrogens (tertiary/aromatic N) is 1. The molecule has 7 heteroatoms. The molecule has 0 saturated heterocycles. The summed E-state index contributed by atoms with van der Waals surface area (Å²) in [5.41, 5.74) is 9.56. The summed E-state index contributed by atoms with van der Waals surface area (Å²) in [7, 11) is 1.92. The van der Waals surface area contributed by atoms with Crippen molar-refractivity contribution in [2.24, 2.45) is 12.8 Å². The van der Waals surface area contributed by atoms with Crippen LogP contribution in [0.2, 0.25) is 0 Å². The Kier molecular flexibility index (Phi) is 7.67. The first kappa shape index (κ1) is 23.0. The molecule has 0 aliphatic carbocycles. The van der Waals surface area contributed by atoms with Gasteiger partial charge in [0.1, 0.15) is 19.0 Å². The molecule has 7 nitrogen and oxygen atoms in total. The Hall–Kier alpha value is -3.24. The van der Waals surface area contributed by atoms with Crippen LogP contribution in [0.15, 0.2) is 30.3 Å². The SMILES string of the molecule is Cc1ccc(OCC#Cc2ccc(CC[C@@](C)(N)COC(=O)C(=O)O)n2C)cc1C. The van der Waals surface area contributed by atoms with E-state index in [0.29, 0.717) is 19.4 Å². The fraction of sp³-hybridized carbons (Fsp3) is 0.391. The summed E-state index contributed by atoms with van der Waals surface area (Å²) in [6.45, 7) is 5.95. The first-order chi connectivity index (χ1) is 14.1. The van der Waals surface area contributed by atoms with Gasteiger partial charge in [-0.25, -0.2) is 9.59 Å². The average molecular weight is 412 g/mol. The molecule has 0 aliphatic rings. The van der Waals surface area contributed by atoms with Crippen molar-refractivity contribution >= 4 is 11.9 Å². The van der Waals surface area contributed by atoms with Crippen molar-refractivity contribution in [3.8, 4) is 17.6 Å². The Balaban J connectivity index is 1.88. The van der Waals surface area contributed by atoms with Gasteiger partial charge in [-0.05, 0) is 74.9 Å². The summed E-state index contributed by atoms with van der Waals surface area (Å²) in [5, 5.41) is 8.56. The number of aliphatic carboxylic acids is 1. The van der Waals surface area contributed by atoms with E-state index in [2.05, 4.69) is 18.8 Å². The van der Waals surface area contributed by atoms with E-state index in [1.165, 1.54) is 11.1 Å². The second kappa shape index (κ2) is 9.99. The largest absolute Gasteiger partial charge is 0.481 e. The summed E-state index contributed by atoms with van der Waals surface area (Å²) < 4.78 is 12.4. The Morgan fingerprint density at radius 2 is 1.93 bits per heavy atom. The number of hydrogen-bond donors (Lipinski definition) is 2. The van der Waals surface area contributed by atoms with Crippen molar-refractivity contribution in [2.75, 3.05) is 13.2 Å². The van der Waals surface area contributed by atoms with E-state index in [4.69, 9.17) is 20.3 Å². The molecule has 1 aromatic carbocycles. The van der Waals surface area contributed by atoms with E-state index < -0.39 is 17.5 Å². The minimum Gasteiger partial charge on any atom is -0.481 e. The van der Waals surface area contributed by atoms with Gasteiger partial charge < -0.3 is 24.9 Å². The number of esters is 1. The van der Waals surface area contributed by atoms with Crippen LogP contribution in [0, 0.1) is 25.7 Å². The lowest BCUT2D eigenvalue weighted by Crippen LogP contribution is -2.43. The summed E-state index contributed by atoms with van der Waals surface area (Å²) in [4.78, 5) is 21.6. The molecule has 0 unspecified atom stereocenters. The fourth-order valence-corrected chi connectivity index (χ4v) is 2.76. The molecule has 0 spiro atoms. The van der Waals surface area contributed by atoms with Crippen LogP contribution >= 0.6 is 0 Å². The number of benzene rings is 1. The average Bonchev–Trinajstić information content (AvgIpc) is 3.04. The molecule has 0 fully saturated rings. The van der Waals surface area contributed by atoms with Gasteiger partial charge in [-0.1, -0.05) is 12.0 Å². The maximum atomic E-state index is 11.1. The lowest BCUT2D eigenvalue weighted by molar-refractivity contribution is -0.164. The highest BCUT2D eigenvalue weighted by atomic mass is 16.6. The van der Waals surface area contributed by atoms with E-state index in [1.54, 1.807) is 6.92 Å². The van der Waals surface area contributed by atoms with Gasteiger partial charge in [0.2, 0.25) is 0 Å². The summed E-state index contributed by atoms with van der Waals surface area (Å²) in [6.07, 6.45) is 1.15. The molecule has 0 bridgehead atoms. The Morgan fingerprint density at radius 3 is 2.60 bits per heavy atom. The number of nitrogens with two attached hydrogens (primary N) is 1. The number of carbonyl (C=O) groups excluding carboxylic acids is 1. The van der Waals surface area contributed by atoms with Gasteiger partial charge in [0.15, 0.2) is 0 Å². The van der Waals surface area contributed by atoms with E-state index in [9.17, 15) is 9.59 Å². The lowest BCUT2D eigenvalue weighted by atomic mass is 9.97. The zero-order valence-corrected chi connectivity index (χ0v) is 17.8. The number of carboxylic acid groups (broad SMARTS) is 1. The molecular weight excluding hydrogens is 384 g/mol. The van der Waals surface area contributed by atoms with Gasteiger partial charge in [0, 0.05) is 18.3 Å². The molecule has 1 atom stereocenters. The fourth-order valence-electron chi connectivity index (χ4n) is 2.76. The number of rotatable bonds is 7. The van der Waals surface area contributed by atoms with E-state index in [0.717, 1.165) is 17.1 Å². The second-order valence-electron chi connectivity index (χ2n) is 7.64.